The molecule has 88 valence electrons. The predicted octanol–water partition coefficient (Wildman–Crippen LogP) is 2.95. The lowest BCUT2D eigenvalue weighted by atomic mass is 10.3. The molecule has 0 saturated carbocycles. The first kappa shape index (κ1) is 11.9. The molecule has 0 radical (unpaired) electrons. The van der Waals surface area contributed by atoms with Gasteiger partial charge in [0.25, 0.3) is 0 Å². The van der Waals surface area contributed by atoms with Crippen LogP contribution in [0.1, 0.15) is 22.0 Å². The summed E-state index contributed by atoms with van der Waals surface area (Å²) in [7, 11) is 0. The highest BCUT2D eigenvalue weighted by atomic mass is 79.9. The number of halogens is 1. The summed E-state index contributed by atoms with van der Waals surface area (Å²) in [5.74, 6) is -0.344. The topological polar surface area (TPSA) is 55.1 Å². The molecule has 17 heavy (non-hydrogen) atoms. The number of carbonyl (C=O) groups is 1. The zero-order valence-corrected chi connectivity index (χ0v) is 11.0. The van der Waals surface area contributed by atoms with Crippen LogP contribution in [0.25, 0.3) is 5.69 Å². The van der Waals surface area contributed by atoms with Crippen molar-refractivity contribution in [3.05, 3.63) is 46.0 Å². The number of aryl methyl sites for hydroxylation is 1. The van der Waals surface area contributed by atoms with Crippen molar-refractivity contribution in [3.63, 3.8) is 0 Å². The average Bonchev–Trinajstić information content (AvgIpc) is 2.56. The first-order valence-corrected chi connectivity index (χ1v) is 5.86. The molecule has 1 aromatic heterocycles. The standard InChI is InChI=1S/C12H11BrN2O2/c1-7-11(12(16)17)14-8(2)15(7)10-6-4-3-5-9(10)13/h3-6H,1-2H3,(H,16,17). The van der Waals surface area contributed by atoms with Crippen molar-refractivity contribution in [2.24, 2.45) is 0 Å². The second kappa shape index (κ2) is 4.33. The Morgan fingerprint density at radius 1 is 1.35 bits per heavy atom. The van der Waals surface area contributed by atoms with Gasteiger partial charge in [-0.15, -0.1) is 0 Å². The molecule has 0 saturated heterocycles. The van der Waals surface area contributed by atoms with Crippen LogP contribution in [0.4, 0.5) is 0 Å². The molecule has 0 spiro atoms. The van der Waals surface area contributed by atoms with Gasteiger partial charge in [-0.05, 0) is 41.9 Å². The minimum atomic E-state index is -1.00. The molecule has 0 fully saturated rings. The van der Waals surface area contributed by atoms with E-state index in [1.807, 2.05) is 28.8 Å². The van der Waals surface area contributed by atoms with Crippen LogP contribution >= 0.6 is 15.9 Å². The molecule has 1 heterocycles. The number of imidazole rings is 1. The molecule has 1 N–H and O–H groups in total. The van der Waals surface area contributed by atoms with Crippen LogP contribution in [0.3, 0.4) is 0 Å². The number of hydrogen-bond donors (Lipinski definition) is 1. The maximum absolute atomic E-state index is 11.0. The number of aromatic carboxylic acids is 1. The zero-order chi connectivity index (χ0) is 12.6. The van der Waals surface area contributed by atoms with Crippen LogP contribution in [0.5, 0.6) is 0 Å². The van der Waals surface area contributed by atoms with Crippen LogP contribution in [0, 0.1) is 13.8 Å². The average molecular weight is 295 g/mol. The van der Waals surface area contributed by atoms with Crippen LogP contribution in [-0.4, -0.2) is 20.6 Å². The van der Waals surface area contributed by atoms with Gasteiger partial charge in [0.15, 0.2) is 5.69 Å². The van der Waals surface area contributed by atoms with Crippen LogP contribution < -0.4 is 0 Å². The molecular formula is C12H11BrN2O2. The first-order chi connectivity index (χ1) is 8.02. The summed E-state index contributed by atoms with van der Waals surface area (Å²) in [5.41, 5.74) is 1.61. The van der Waals surface area contributed by atoms with Crippen molar-refractivity contribution in [1.29, 1.82) is 0 Å². The third-order valence-electron chi connectivity index (χ3n) is 2.57. The van der Waals surface area contributed by atoms with E-state index >= 15 is 0 Å². The molecule has 2 aromatic rings. The van der Waals surface area contributed by atoms with E-state index < -0.39 is 5.97 Å². The fourth-order valence-corrected chi connectivity index (χ4v) is 2.29. The highest BCUT2D eigenvalue weighted by Crippen LogP contribution is 2.24. The normalized spacial score (nSPS) is 10.5. The minimum absolute atomic E-state index is 0.0956. The number of nitrogens with zero attached hydrogens (tertiary/aromatic N) is 2. The van der Waals surface area contributed by atoms with Crippen molar-refractivity contribution in [3.8, 4) is 5.69 Å². The molecule has 0 aliphatic rings. The lowest BCUT2D eigenvalue weighted by Gasteiger charge is -2.09. The van der Waals surface area contributed by atoms with Crippen molar-refractivity contribution < 1.29 is 9.90 Å². The Balaban J connectivity index is 2.69. The highest BCUT2D eigenvalue weighted by Gasteiger charge is 2.18. The van der Waals surface area contributed by atoms with E-state index in [0.29, 0.717) is 11.5 Å². The number of carboxylic acids is 1. The second-order valence-corrected chi connectivity index (χ2v) is 4.54. The van der Waals surface area contributed by atoms with Gasteiger partial charge in [0, 0.05) is 4.47 Å². The van der Waals surface area contributed by atoms with E-state index in [1.54, 1.807) is 13.8 Å². The number of rotatable bonds is 2. The van der Waals surface area contributed by atoms with Crippen molar-refractivity contribution in [2.45, 2.75) is 13.8 Å². The van der Waals surface area contributed by atoms with Gasteiger partial charge in [-0.1, -0.05) is 12.1 Å². The van der Waals surface area contributed by atoms with Gasteiger partial charge in [0.2, 0.25) is 0 Å². The van der Waals surface area contributed by atoms with Crippen molar-refractivity contribution in [2.75, 3.05) is 0 Å². The van der Waals surface area contributed by atoms with E-state index in [1.165, 1.54) is 0 Å². The summed E-state index contributed by atoms with van der Waals surface area (Å²) in [5, 5.41) is 9.03. The van der Waals surface area contributed by atoms with Gasteiger partial charge < -0.3 is 5.11 Å². The summed E-state index contributed by atoms with van der Waals surface area (Å²) in [6.07, 6.45) is 0. The van der Waals surface area contributed by atoms with Gasteiger partial charge in [-0.2, -0.15) is 0 Å². The van der Waals surface area contributed by atoms with E-state index in [9.17, 15) is 4.79 Å². The minimum Gasteiger partial charge on any atom is -0.476 e. The Hall–Kier alpha value is -1.62. The molecule has 0 amide bonds. The molecule has 2 rings (SSSR count). The quantitative estimate of drug-likeness (QED) is 0.926. The third-order valence-corrected chi connectivity index (χ3v) is 3.24. The largest absolute Gasteiger partial charge is 0.476 e. The molecule has 0 aliphatic heterocycles. The van der Waals surface area contributed by atoms with Gasteiger partial charge in [-0.3, -0.25) is 4.57 Å². The number of aromatic nitrogens is 2. The lowest BCUT2D eigenvalue weighted by Crippen LogP contribution is -2.03. The molecular weight excluding hydrogens is 284 g/mol. The Bertz CT molecular complexity index is 590. The SMILES string of the molecule is Cc1nc(C(=O)O)c(C)n1-c1ccccc1Br. The summed E-state index contributed by atoms with van der Waals surface area (Å²) >= 11 is 3.45. The van der Waals surface area contributed by atoms with E-state index in [2.05, 4.69) is 20.9 Å². The molecule has 1 aromatic carbocycles. The number of hydrogen-bond acceptors (Lipinski definition) is 2. The van der Waals surface area contributed by atoms with Gasteiger partial charge in [-0.25, -0.2) is 9.78 Å². The van der Waals surface area contributed by atoms with Crippen molar-refractivity contribution in [1.82, 2.24) is 9.55 Å². The van der Waals surface area contributed by atoms with Crippen LogP contribution in [0.15, 0.2) is 28.7 Å². The molecule has 0 aliphatic carbocycles. The summed E-state index contributed by atoms with van der Waals surface area (Å²) in [4.78, 5) is 15.1. The molecule has 0 bridgehead atoms. The smallest absolute Gasteiger partial charge is 0.356 e. The number of carboxylic acid groups (broad SMARTS) is 1. The zero-order valence-electron chi connectivity index (χ0n) is 9.44. The van der Waals surface area contributed by atoms with Crippen LogP contribution in [-0.2, 0) is 0 Å². The summed E-state index contributed by atoms with van der Waals surface area (Å²) < 4.78 is 2.73. The fourth-order valence-electron chi connectivity index (χ4n) is 1.83. The first-order valence-electron chi connectivity index (χ1n) is 5.06. The molecule has 0 atom stereocenters. The predicted molar refractivity (Wildman–Crippen MR) is 67.7 cm³/mol. The maximum Gasteiger partial charge on any atom is 0.356 e. The van der Waals surface area contributed by atoms with Crippen LogP contribution in [0.2, 0.25) is 0 Å². The molecule has 0 unspecified atom stereocenters. The monoisotopic (exact) mass is 294 g/mol. The Labute approximate surface area is 107 Å². The highest BCUT2D eigenvalue weighted by molar-refractivity contribution is 9.10. The van der Waals surface area contributed by atoms with E-state index in [0.717, 1.165) is 10.2 Å². The maximum atomic E-state index is 11.0. The van der Waals surface area contributed by atoms with Crippen molar-refractivity contribution >= 4 is 21.9 Å². The molecule has 4 nitrogen and oxygen atoms in total. The van der Waals surface area contributed by atoms with Gasteiger partial charge in [0.1, 0.15) is 5.82 Å². The third kappa shape index (κ3) is 1.98. The number of benzene rings is 1. The molecule has 5 heteroatoms. The van der Waals surface area contributed by atoms with E-state index in [4.69, 9.17) is 5.11 Å². The van der Waals surface area contributed by atoms with Gasteiger partial charge in [0.05, 0.1) is 11.4 Å². The Kier molecular flexibility index (Phi) is 3.02. The second-order valence-electron chi connectivity index (χ2n) is 3.69. The number of para-hydroxylation sites is 1. The summed E-state index contributed by atoms with van der Waals surface area (Å²) in [6.45, 7) is 3.54. The lowest BCUT2D eigenvalue weighted by molar-refractivity contribution is 0.0690. The summed E-state index contributed by atoms with van der Waals surface area (Å²) in [6, 6.07) is 7.64. The van der Waals surface area contributed by atoms with Gasteiger partial charge >= 0.3 is 5.97 Å². The fraction of sp³-hybridized carbons (Fsp3) is 0.167. The van der Waals surface area contributed by atoms with E-state index in [-0.39, 0.29) is 5.69 Å². The Morgan fingerprint density at radius 3 is 2.53 bits per heavy atom. The Morgan fingerprint density at radius 2 is 2.00 bits per heavy atom.